The summed E-state index contributed by atoms with van der Waals surface area (Å²) in [7, 11) is 3.96. The van der Waals surface area contributed by atoms with E-state index in [0.29, 0.717) is 11.8 Å². The van der Waals surface area contributed by atoms with Crippen molar-refractivity contribution in [3.63, 3.8) is 0 Å². The first-order chi connectivity index (χ1) is 15.6. The number of fused-ring (bicyclic) bond motifs is 1. The second kappa shape index (κ2) is 9.39. The fraction of sp³-hybridized carbons (Fsp3) is 0.333. The number of hydrogen-bond acceptors (Lipinski definition) is 6. The van der Waals surface area contributed by atoms with E-state index in [1.807, 2.05) is 31.4 Å². The lowest BCUT2D eigenvalue weighted by atomic mass is 10.1. The third-order valence-corrected chi connectivity index (χ3v) is 9.02. The van der Waals surface area contributed by atoms with Crippen molar-refractivity contribution in [2.45, 2.75) is 36.0 Å². The Morgan fingerprint density at radius 3 is 2.94 bits per heavy atom. The number of thioether (sulfide) groups is 1. The molecular weight excluding hydrogens is 456 g/mol. The summed E-state index contributed by atoms with van der Waals surface area (Å²) >= 11 is 5.27. The quantitative estimate of drug-likeness (QED) is 0.368. The van der Waals surface area contributed by atoms with Crippen LogP contribution in [0, 0.1) is 0 Å². The van der Waals surface area contributed by atoms with Gasteiger partial charge in [-0.1, -0.05) is 30.0 Å². The highest BCUT2D eigenvalue weighted by atomic mass is 32.2. The summed E-state index contributed by atoms with van der Waals surface area (Å²) in [5.41, 5.74) is 1.28. The number of rotatable bonds is 7. The highest BCUT2D eigenvalue weighted by Gasteiger charge is 2.39. The Hall–Kier alpha value is -2.13. The van der Waals surface area contributed by atoms with Gasteiger partial charge in [0.2, 0.25) is 5.91 Å². The van der Waals surface area contributed by atoms with Gasteiger partial charge >= 0.3 is 0 Å². The monoisotopic (exact) mass is 482 g/mol. The Morgan fingerprint density at radius 2 is 2.19 bits per heavy atom. The van der Waals surface area contributed by atoms with Crippen LogP contribution in [0.25, 0.3) is 10.1 Å². The van der Waals surface area contributed by atoms with Gasteiger partial charge in [-0.25, -0.2) is 4.98 Å². The summed E-state index contributed by atoms with van der Waals surface area (Å²) < 4.78 is 3.33. The van der Waals surface area contributed by atoms with E-state index in [4.69, 9.17) is 0 Å². The van der Waals surface area contributed by atoms with Crippen LogP contribution in [0.1, 0.15) is 16.9 Å². The van der Waals surface area contributed by atoms with Crippen molar-refractivity contribution in [3.8, 4) is 0 Å². The molecule has 4 aromatic rings. The SMILES string of the molecule is CN(Cc1cc2ccccc2s1)C(=O)[C@@H]1C[C@@H](Sc2nccn2C)CN1Cc1ccsc1. The smallest absolute Gasteiger partial charge is 0.240 e. The Kier molecular flexibility index (Phi) is 6.37. The Balaban J connectivity index is 1.31. The maximum absolute atomic E-state index is 13.6. The number of imidazole rings is 1. The fourth-order valence-corrected chi connectivity index (χ4v) is 7.26. The van der Waals surface area contributed by atoms with Crippen molar-refractivity contribution in [1.82, 2.24) is 19.4 Å². The van der Waals surface area contributed by atoms with E-state index in [1.165, 1.54) is 20.5 Å². The number of aromatic nitrogens is 2. The maximum atomic E-state index is 13.6. The fourth-order valence-electron chi connectivity index (χ4n) is 4.29. The van der Waals surface area contributed by atoms with Gasteiger partial charge in [0.05, 0.1) is 12.6 Å². The van der Waals surface area contributed by atoms with Crippen LogP contribution in [0.2, 0.25) is 0 Å². The number of amides is 1. The van der Waals surface area contributed by atoms with Crippen molar-refractivity contribution < 1.29 is 4.79 Å². The Morgan fingerprint density at radius 1 is 1.31 bits per heavy atom. The van der Waals surface area contributed by atoms with Crippen LogP contribution in [0.15, 0.2) is 64.7 Å². The van der Waals surface area contributed by atoms with Crippen molar-refractivity contribution >= 4 is 50.4 Å². The molecule has 3 aromatic heterocycles. The molecule has 0 bridgehead atoms. The first-order valence-corrected chi connectivity index (χ1v) is 13.3. The number of nitrogens with zero attached hydrogens (tertiary/aromatic N) is 4. The molecule has 5 rings (SSSR count). The van der Waals surface area contributed by atoms with Crippen molar-refractivity contribution in [2.75, 3.05) is 13.6 Å². The number of likely N-dealkylation sites (tertiary alicyclic amines) is 1. The lowest BCUT2D eigenvalue weighted by Crippen LogP contribution is -2.43. The van der Waals surface area contributed by atoms with E-state index < -0.39 is 0 Å². The molecule has 8 heteroatoms. The van der Waals surface area contributed by atoms with Crippen LogP contribution < -0.4 is 0 Å². The third kappa shape index (κ3) is 4.64. The van der Waals surface area contributed by atoms with Crippen molar-refractivity contribution in [1.29, 1.82) is 0 Å². The molecule has 0 saturated carbocycles. The first kappa shape index (κ1) is 21.7. The average molecular weight is 483 g/mol. The number of aryl methyl sites for hydroxylation is 1. The van der Waals surface area contributed by atoms with E-state index in [0.717, 1.165) is 24.7 Å². The molecule has 1 fully saturated rings. The Bertz CT molecular complexity index is 1170. The van der Waals surface area contributed by atoms with Gasteiger partial charge < -0.3 is 9.47 Å². The van der Waals surface area contributed by atoms with Crippen LogP contribution in [0.5, 0.6) is 0 Å². The minimum atomic E-state index is -0.105. The highest BCUT2D eigenvalue weighted by Crippen LogP contribution is 2.34. The minimum Gasteiger partial charge on any atom is -0.339 e. The second-order valence-corrected chi connectivity index (χ2v) is 11.5. The van der Waals surface area contributed by atoms with Crippen molar-refractivity contribution in [2.24, 2.45) is 7.05 Å². The molecule has 0 aliphatic carbocycles. The predicted octanol–water partition coefficient (Wildman–Crippen LogP) is 5.09. The molecule has 2 atom stereocenters. The van der Waals surface area contributed by atoms with Gasteiger partial charge in [0.25, 0.3) is 0 Å². The molecule has 4 heterocycles. The number of carbonyl (C=O) groups is 1. The number of hydrogen-bond donors (Lipinski definition) is 0. The average Bonchev–Trinajstić information content (AvgIpc) is 3.57. The predicted molar refractivity (Wildman–Crippen MR) is 134 cm³/mol. The summed E-state index contributed by atoms with van der Waals surface area (Å²) in [6.07, 6.45) is 4.65. The molecule has 1 amide bonds. The van der Waals surface area contributed by atoms with Gasteiger partial charge in [-0.2, -0.15) is 11.3 Å². The molecule has 0 radical (unpaired) electrons. The molecular formula is C24H26N4OS3. The first-order valence-electron chi connectivity index (χ1n) is 10.7. The molecule has 1 aliphatic rings. The number of benzene rings is 1. The molecule has 1 saturated heterocycles. The zero-order valence-corrected chi connectivity index (χ0v) is 20.6. The summed E-state index contributed by atoms with van der Waals surface area (Å²) in [6.45, 7) is 2.35. The van der Waals surface area contributed by atoms with E-state index >= 15 is 0 Å². The summed E-state index contributed by atoms with van der Waals surface area (Å²) in [5.74, 6) is 0.209. The largest absolute Gasteiger partial charge is 0.339 e. The van der Waals surface area contributed by atoms with Gasteiger partial charge in [-0.15, -0.1) is 11.3 Å². The van der Waals surface area contributed by atoms with E-state index in [9.17, 15) is 4.79 Å². The van der Waals surface area contributed by atoms with Gasteiger partial charge in [0.1, 0.15) is 0 Å². The molecule has 32 heavy (non-hydrogen) atoms. The molecule has 0 spiro atoms. The second-order valence-electron chi connectivity index (χ2n) is 8.32. The molecule has 1 aliphatic heterocycles. The minimum absolute atomic E-state index is 0.105. The van der Waals surface area contributed by atoms with Crippen LogP contribution >= 0.6 is 34.4 Å². The number of likely N-dealkylation sites (N-methyl/N-ethyl adjacent to an activating group) is 1. The highest BCUT2D eigenvalue weighted by molar-refractivity contribution is 7.99. The normalized spacial score (nSPS) is 19.1. The number of carbonyl (C=O) groups excluding carboxylic acids is 1. The summed E-state index contributed by atoms with van der Waals surface area (Å²) in [6, 6.07) is 12.7. The molecule has 5 nitrogen and oxygen atoms in total. The van der Waals surface area contributed by atoms with Crippen LogP contribution in [0.4, 0.5) is 0 Å². The zero-order valence-electron chi connectivity index (χ0n) is 18.2. The molecule has 166 valence electrons. The molecule has 1 aromatic carbocycles. The molecule has 0 unspecified atom stereocenters. The van der Waals surface area contributed by atoms with Crippen LogP contribution in [0.3, 0.4) is 0 Å². The summed E-state index contributed by atoms with van der Waals surface area (Å²) in [5, 5.41) is 6.90. The van der Waals surface area contributed by atoms with Gasteiger partial charge in [0, 0.05) is 54.4 Å². The number of thiophene rings is 2. The van der Waals surface area contributed by atoms with E-state index in [-0.39, 0.29) is 11.9 Å². The van der Waals surface area contributed by atoms with E-state index in [2.05, 4.69) is 61.6 Å². The Labute approximate surface area is 200 Å². The lowest BCUT2D eigenvalue weighted by Gasteiger charge is -2.27. The third-order valence-electron chi connectivity index (χ3n) is 5.91. The van der Waals surface area contributed by atoms with Crippen LogP contribution in [-0.4, -0.2) is 50.1 Å². The standard InChI is InChI=1S/C24H26N4OS3/c1-26-9-8-25-24(26)32-20-12-21(28(15-20)13-17-7-10-30-16-17)23(29)27(2)14-19-11-18-5-3-4-6-22(18)31-19/h3-11,16,20-21H,12-15H2,1-2H3/t20-,21+/m1/s1. The summed E-state index contributed by atoms with van der Waals surface area (Å²) in [4.78, 5) is 23.5. The van der Waals surface area contributed by atoms with E-state index in [1.54, 1.807) is 34.4 Å². The maximum Gasteiger partial charge on any atom is 0.240 e. The van der Waals surface area contributed by atoms with Crippen LogP contribution in [-0.2, 0) is 24.9 Å². The van der Waals surface area contributed by atoms with Crippen molar-refractivity contribution in [3.05, 3.63) is 70.0 Å². The molecule has 0 N–H and O–H groups in total. The van der Waals surface area contributed by atoms with Gasteiger partial charge in [-0.3, -0.25) is 9.69 Å². The van der Waals surface area contributed by atoms with Gasteiger partial charge in [0.15, 0.2) is 5.16 Å². The topological polar surface area (TPSA) is 41.4 Å². The van der Waals surface area contributed by atoms with Gasteiger partial charge in [-0.05, 0) is 46.3 Å². The zero-order chi connectivity index (χ0) is 22.1. The lowest BCUT2D eigenvalue weighted by molar-refractivity contribution is -0.135.